The average Bonchev–Trinajstić information content (AvgIpc) is 2.37. The second-order valence-corrected chi connectivity index (χ2v) is 5.58. The lowest BCUT2D eigenvalue weighted by atomic mass is 9.98. The Kier molecular flexibility index (Phi) is 6.57. The van der Waals surface area contributed by atoms with Crippen LogP contribution in [0.4, 0.5) is 0 Å². The van der Waals surface area contributed by atoms with E-state index in [1.54, 1.807) is 0 Å². The summed E-state index contributed by atoms with van der Waals surface area (Å²) in [4.78, 5) is 11.3. The van der Waals surface area contributed by atoms with Crippen molar-refractivity contribution < 1.29 is 9.90 Å². The molecule has 0 amide bonds. The van der Waals surface area contributed by atoms with E-state index >= 15 is 0 Å². The molecular weight excluding hydrogens is 238 g/mol. The van der Waals surface area contributed by atoms with Crippen molar-refractivity contribution in [2.24, 2.45) is 5.92 Å². The molecule has 1 aromatic carbocycles. The molecule has 2 atom stereocenters. The highest BCUT2D eigenvalue weighted by molar-refractivity contribution is 5.76. The zero-order valence-corrected chi connectivity index (χ0v) is 12.1. The van der Waals surface area contributed by atoms with Crippen LogP contribution in [0.3, 0.4) is 0 Å². The Labute approximate surface area is 116 Å². The maximum Gasteiger partial charge on any atom is 0.312 e. The van der Waals surface area contributed by atoms with Gasteiger partial charge < -0.3 is 10.4 Å². The van der Waals surface area contributed by atoms with E-state index in [1.165, 1.54) is 0 Å². The van der Waals surface area contributed by atoms with E-state index in [1.807, 2.05) is 30.3 Å². The highest BCUT2D eigenvalue weighted by Gasteiger charge is 2.19. The molecule has 0 aliphatic rings. The van der Waals surface area contributed by atoms with Crippen molar-refractivity contribution in [2.75, 3.05) is 6.54 Å². The van der Waals surface area contributed by atoms with Crippen LogP contribution in [0.15, 0.2) is 30.3 Å². The van der Waals surface area contributed by atoms with Gasteiger partial charge in [0.25, 0.3) is 0 Å². The monoisotopic (exact) mass is 263 g/mol. The van der Waals surface area contributed by atoms with Crippen molar-refractivity contribution in [3.05, 3.63) is 35.9 Å². The zero-order valence-electron chi connectivity index (χ0n) is 12.1. The Bertz CT molecular complexity index is 376. The Morgan fingerprint density at radius 2 is 1.79 bits per heavy atom. The molecule has 1 aromatic rings. The van der Waals surface area contributed by atoms with Crippen molar-refractivity contribution in [1.29, 1.82) is 0 Å². The van der Waals surface area contributed by atoms with Gasteiger partial charge >= 0.3 is 5.97 Å². The van der Waals surface area contributed by atoms with Crippen LogP contribution in [-0.4, -0.2) is 23.7 Å². The second kappa shape index (κ2) is 7.95. The summed E-state index contributed by atoms with van der Waals surface area (Å²) in [6.07, 6.45) is 2.25. The minimum absolute atomic E-state index is 0.355. The standard InChI is InChI=1S/C16H25NO2/c1-12(2)9-10-13(3)17-11-15(16(18)19)14-7-5-4-6-8-14/h4-8,12-13,15,17H,9-11H2,1-3H3,(H,18,19). The molecule has 3 nitrogen and oxygen atoms in total. The van der Waals surface area contributed by atoms with Gasteiger partial charge in [0.2, 0.25) is 0 Å². The van der Waals surface area contributed by atoms with Gasteiger partial charge in [0.05, 0.1) is 5.92 Å². The van der Waals surface area contributed by atoms with E-state index in [-0.39, 0.29) is 0 Å². The molecule has 0 saturated carbocycles. The van der Waals surface area contributed by atoms with Gasteiger partial charge in [0.1, 0.15) is 0 Å². The van der Waals surface area contributed by atoms with Crippen LogP contribution < -0.4 is 5.32 Å². The summed E-state index contributed by atoms with van der Waals surface area (Å²) in [6.45, 7) is 7.01. The van der Waals surface area contributed by atoms with Crippen molar-refractivity contribution in [3.8, 4) is 0 Å². The maximum atomic E-state index is 11.3. The molecule has 2 unspecified atom stereocenters. The smallest absolute Gasteiger partial charge is 0.312 e. The predicted octanol–water partition coefficient (Wildman–Crippen LogP) is 3.27. The number of nitrogens with one attached hydrogen (secondary N) is 1. The summed E-state index contributed by atoms with van der Waals surface area (Å²) in [5, 5.41) is 12.7. The molecule has 19 heavy (non-hydrogen) atoms. The number of carboxylic acid groups (broad SMARTS) is 1. The quantitative estimate of drug-likeness (QED) is 0.757. The van der Waals surface area contributed by atoms with Crippen LogP contribution in [0.1, 0.15) is 45.1 Å². The van der Waals surface area contributed by atoms with E-state index in [9.17, 15) is 9.90 Å². The second-order valence-electron chi connectivity index (χ2n) is 5.58. The molecule has 0 aliphatic carbocycles. The summed E-state index contributed by atoms with van der Waals surface area (Å²) >= 11 is 0. The highest BCUT2D eigenvalue weighted by atomic mass is 16.4. The van der Waals surface area contributed by atoms with Crippen LogP contribution in [0.5, 0.6) is 0 Å². The first-order chi connectivity index (χ1) is 9.00. The molecular formula is C16H25NO2. The summed E-state index contributed by atoms with van der Waals surface area (Å²) in [6, 6.07) is 9.77. The van der Waals surface area contributed by atoms with Gasteiger partial charge in [-0.05, 0) is 31.2 Å². The third-order valence-electron chi connectivity index (χ3n) is 3.35. The molecule has 2 N–H and O–H groups in total. The molecule has 0 spiro atoms. The molecule has 0 fully saturated rings. The largest absolute Gasteiger partial charge is 0.481 e. The Morgan fingerprint density at radius 3 is 2.32 bits per heavy atom. The number of carboxylic acids is 1. The number of rotatable bonds is 8. The van der Waals surface area contributed by atoms with E-state index in [2.05, 4.69) is 26.1 Å². The van der Waals surface area contributed by atoms with E-state index in [0.717, 1.165) is 18.4 Å². The minimum atomic E-state index is -0.769. The molecule has 0 heterocycles. The van der Waals surface area contributed by atoms with Crippen molar-refractivity contribution >= 4 is 5.97 Å². The van der Waals surface area contributed by atoms with Gasteiger partial charge in [-0.15, -0.1) is 0 Å². The fraction of sp³-hybridized carbons (Fsp3) is 0.562. The molecule has 0 aliphatic heterocycles. The summed E-state index contributed by atoms with van der Waals surface area (Å²) in [5.41, 5.74) is 0.860. The van der Waals surface area contributed by atoms with Crippen molar-refractivity contribution in [3.63, 3.8) is 0 Å². The van der Waals surface area contributed by atoms with Crippen molar-refractivity contribution in [1.82, 2.24) is 5.32 Å². The van der Waals surface area contributed by atoms with E-state index in [4.69, 9.17) is 0 Å². The number of hydrogen-bond donors (Lipinski definition) is 2. The Morgan fingerprint density at radius 1 is 1.16 bits per heavy atom. The Hall–Kier alpha value is -1.35. The summed E-state index contributed by atoms with van der Waals surface area (Å²) in [7, 11) is 0. The molecule has 0 aromatic heterocycles. The average molecular weight is 263 g/mol. The van der Waals surface area contributed by atoms with Gasteiger partial charge in [0.15, 0.2) is 0 Å². The SMILES string of the molecule is CC(C)CCC(C)NCC(C(=O)O)c1ccccc1. The van der Waals surface area contributed by atoms with Crippen LogP contribution in [0.2, 0.25) is 0 Å². The Balaban J connectivity index is 2.49. The van der Waals surface area contributed by atoms with E-state index < -0.39 is 11.9 Å². The first-order valence-electron chi connectivity index (χ1n) is 7.01. The first kappa shape index (κ1) is 15.7. The first-order valence-corrected chi connectivity index (χ1v) is 7.01. The fourth-order valence-corrected chi connectivity index (χ4v) is 2.04. The lowest BCUT2D eigenvalue weighted by molar-refractivity contribution is -0.138. The maximum absolute atomic E-state index is 11.3. The van der Waals surface area contributed by atoms with Crippen LogP contribution >= 0.6 is 0 Å². The number of hydrogen-bond acceptors (Lipinski definition) is 2. The molecule has 3 heteroatoms. The highest BCUT2D eigenvalue weighted by Crippen LogP contribution is 2.15. The molecule has 0 bridgehead atoms. The van der Waals surface area contributed by atoms with Gasteiger partial charge in [0, 0.05) is 12.6 Å². The molecule has 1 rings (SSSR count). The summed E-state index contributed by atoms with van der Waals surface area (Å²) < 4.78 is 0. The zero-order chi connectivity index (χ0) is 14.3. The minimum Gasteiger partial charge on any atom is -0.481 e. The van der Waals surface area contributed by atoms with Crippen LogP contribution in [0, 0.1) is 5.92 Å². The lowest BCUT2D eigenvalue weighted by Gasteiger charge is -2.19. The van der Waals surface area contributed by atoms with Crippen molar-refractivity contribution in [2.45, 2.75) is 45.6 Å². The third kappa shape index (κ3) is 5.88. The van der Waals surface area contributed by atoms with E-state index in [0.29, 0.717) is 18.5 Å². The van der Waals surface area contributed by atoms with Gasteiger partial charge in [-0.3, -0.25) is 4.79 Å². The number of benzene rings is 1. The van der Waals surface area contributed by atoms with Gasteiger partial charge in [-0.1, -0.05) is 44.2 Å². The predicted molar refractivity (Wildman–Crippen MR) is 78.4 cm³/mol. The molecule has 0 saturated heterocycles. The molecule has 106 valence electrons. The lowest BCUT2D eigenvalue weighted by Crippen LogP contribution is -2.33. The fourth-order valence-electron chi connectivity index (χ4n) is 2.04. The molecule has 0 radical (unpaired) electrons. The number of carbonyl (C=O) groups is 1. The topological polar surface area (TPSA) is 49.3 Å². The van der Waals surface area contributed by atoms with Crippen LogP contribution in [-0.2, 0) is 4.79 Å². The van der Waals surface area contributed by atoms with Gasteiger partial charge in [-0.25, -0.2) is 0 Å². The number of aliphatic carboxylic acids is 1. The van der Waals surface area contributed by atoms with Crippen LogP contribution in [0.25, 0.3) is 0 Å². The summed E-state index contributed by atoms with van der Waals surface area (Å²) in [5.74, 6) is -0.550. The normalized spacial score (nSPS) is 14.3. The van der Waals surface area contributed by atoms with Gasteiger partial charge in [-0.2, -0.15) is 0 Å². The third-order valence-corrected chi connectivity index (χ3v) is 3.35.